The summed E-state index contributed by atoms with van der Waals surface area (Å²) in [6, 6.07) is 6.34. The van der Waals surface area contributed by atoms with Crippen LogP contribution in [0.5, 0.6) is 28.7 Å². The topological polar surface area (TPSA) is 269 Å². The zero-order valence-corrected chi connectivity index (χ0v) is 22.4. The maximum Gasteiger partial charge on any atom is 0.229 e. The molecule has 16 heteroatoms. The molecule has 3 heterocycles. The Morgan fingerprint density at radius 2 is 1.23 bits per heavy atom. The van der Waals surface area contributed by atoms with E-state index in [9.17, 15) is 56.2 Å². The van der Waals surface area contributed by atoms with Crippen LogP contribution in [-0.4, -0.2) is 137 Å². The van der Waals surface area contributed by atoms with Gasteiger partial charge in [-0.3, -0.25) is 0 Å². The van der Waals surface area contributed by atoms with Gasteiger partial charge in [-0.25, -0.2) is 0 Å². The summed E-state index contributed by atoms with van der Waals surface area (Å²) in [5, 5.41) is 111. The van der Waals surface area contributed by atoms with E-state index in [4.69, 9.17) is 23.7 Å². The van der Waals surface area contributed by atoms with Crippen LogP contribution in [0.2, 0.25) is 0 Å². The van der Waals surface area contributed by atoms with Crippen molar-refractivity contribution in [3.8, 4) is 28.7 Å². The number of fused-ring (bicyclic) bond motifs is 1. The maximum absolute atomic E-state index is 11.0. The SMILES string of the molecule is OC[C@@H]1O[C@H](Oc2cc([C@@H]3Oc4cc(O)cc(O[C@H]5O[C@@H](CO)[C@H](O)[C@H](O)[C@@H]5O)c4C[C@@H]3O)ccc2O)[C@@H](O)[C@@H](O)[C@H]1O. The van der Waals surface area contributed by atoms with Crippen LogP contribution < -0.4 is 14.2 Å². The maximum atomic E-state index is 11.0. The van der Waals surface area contributed by atoms with Gasteiger partial charge in [-0.1, -0.05) is 6.07 Å². The largest absolute Gasteiger partial charge is 0.508 e. The van der Waals surface area contributed by atoms with Crippen molar-refractivity contribution < 1.29 is 79.9 Å². The second-order valence-electron chi connectivity index (χ2n) is 10.6. The molecule has 3 aliphatic heterocycles. The van der Waals surface area contributed by atoms with E-state index in [-0.39, 0.29) is 40.5 Å². The van der Waals surface area contributed by atoms with E-state index in [1.807, 2.05) is 0 Å². The average molecular weight is 615 g/mol. The Hall–Kier alpha value is -3.00. The Kier molecular flexibility index (Phi) is 9.17. The molecule has 11 N–H and O–H groups in total. The molecule has 3 aliphatic rings. The minimum atomic E-state index is -1.74. The van der Waals surface area contributed by atoms with Crippen LogP contribution in [0.3, 0.4) is 0 Å². The van der Waals surface area contributed by atoms with Crippen LogP contribution in [0.4, 0.5) is 0 Å². The van der Waals surface area contributed by atoms with Gasteiger partial charge in [0.25, 0.3) is 0 Å². The molecule has 12 atom stereocenters. The first-order chi connectivity index (χ1) is 20.4. The van der Waals surface area contributed by atoms with E-state index in [0.29, 0.717) is 0 Å². The Labute approximate surface area is 243 Å². The number of aliphatic hydroxyl groups is 9. The lowest BCUT2D eigenvalue weighted by atomic mass is 9.93. The molecule has 16 nitrogen and oxygen atoms in total. The second-order valence-corrected chi connectivity index (χ2v) is 10.6. The van der Waals surface area contributed by atoms with Gasteiger partial charge >= 0.3 is 0 Å². The number of ether oxygens (including phenoxy) is 5. The van der Waals surface area contributed by atoms with Gasteiger partial charge in [0.05, 0.1) is 19.3 Å². The van der Waals surface area contributed by atoms with Crippen LogP contribution in [0.25, 0.3) is 0 Å². The number of rotatable bonds is 7. The highest BCUT2D eigenvalue weighted by atomic mass is 16.7. The molecule has 2 aromatic carbocycles. The molecule has 2 aromatic rings. The van der Waals surface area contributed by atoms with E-state index in [0.717, 1.165) is 0 Å². The number of aromatic hydroxyl groups is 2. The van der Waals surface area contributed by atoms with Crippen molar-refractivity contribution in [2.24, 2.45) is 0 Å². The summed E-state index contributed by atoms with van der Waals surface area (Å²) < 4.78 is 27.9. The fourth-order valence-electron chi connectivity index (χ4n) is 5.22. The van der Waals surface area contributed by atoms with Crippen LogP contribution in [-0.2, 0) is 15.9 Å². The Bertz CT molecular complexity index is 1270. The van der Waals surface area contributed by atoms with E-state index >= 15 is 0 Å². The molecule has 0 unspecified atom stereocenters. The number of hydrogen-bond donors (Lipinski definition) is 11. The van der Waals surface area contributed by atoms with Crippen LogP contribution >= 0.6 is 0 Å². The van der Waals surface area contributed by atoms with Crippen molar-refractivity contribution in [2.75, 3.05) is 13.2 Å². The number of aliphatic hydroxyl groups excluding tert-OH is 9. The number of hydrogen-bond acceptors (Lipinski definition) is 16. The van der Waals surface area contributed by atoms with Crippen molar-refractivity contribution >= 4 is 0 Å². The third kappa shape index (κ3) is 6.04. The van der Waals surface area contributed by atoms with Crippen molar-refractivity contribution in [1.29, 1.82) is 0 Å². The highest BCUT2D eigenvalue weighted by molar-refractivity contribution is 5.53. The fraction of sp³-hybridized carbons (Fsp3) is 0.556. The first-order valence-electron chi connectivity index (χ1n) is 13.4. The number of phenolic OH excluding ortho intramolecular Hbond substituents is 2. The molecule has 0 aliphatic carbocycles. The summed E-state index contributed by atoms with van der Waals surface area (Å²) in [6.45, 7) is -1.37. The molecule has 43 heavy (non-hydrogen) atoms. The van der Waals surface area contributed by atoms with Crippen LogP contribution in [0, 0.1) is 0 Å². The quantitative estimate of drug-likeness (QED) is 0.144. The first kappa shape index (κ1) is 31.4. The van der Waals surface area contributed by atoms with Crippen LogP contribution in [0.15, 0.2) is 30.3 Å². The molecule has 2 fully saturated rings. The van der Waals surface area contributed by atoms with Crippen molar-refractivity contribution in [3.63, 3.8) is 0 Å². The molecule has 0 spiro atoms. The lowest BCUT2D eigenvalue weighted by Crippen LogP contribution is -2.60. The zero-order valence-electron chi connectivity index (χ0n) is 22.4. The van der Waals surface area contributed by atoms with E-state index < -0.39 is 92.6 Å². The first-order valence-corrected chi connectivity index (χ1v) is 13.4. The lowest BCUT2D eigenvalue weighted by Gasteiger charge is -2.40. The lowest BCUT2D eigenvalue weighted by molar-refractivity contribution is -0.277. The summed E-state index contributed by atoms with van der Waals surface area (Å²) in [4.78, 5) is 0. The predicted molar refractivity (Wildman–Crippen MR) is 138 cm³/mol. The van der Waals surface area contributed by atoms with Gasteiger partial charge in [0.1, 0.15) is 72.2 Å². The molecule has 0 radical (unpaired) electrons. The Morgan fingerprint density at radius 1 is 0.674 bits per heavy atom. The molecule has 2 saturated heterocycles. The van der Waals surface area contributed by atoms with Crippen molar-refractivity contribution in [3.05, 3.63) is 41.5 Å². The van der Waals surface area contributed by atoms with Gasteiger partial charge in [-0.05, 0) is 17.7 Å². The van der Waals surface area contributed by atoms with E-state index in [1.54, 1.807) is 0 Å². The fourth-order valence-corrected chi connectivity index (χ4v) is 5.22. The van der Waals surface area contributed by atoms with E-state index in [1.165, 1.54) is 30.3 Å². The Balaban J connectivity index is 1.37. The van der Waals surface area contributed by atoms with Gasteiger partial charge in [0.2, 0.25) is 12.6 Å². The highest BCUT2D eigenvalue weighted by Crippen LogP contribution is 2.44. The standard InChI is InChI=1S/C27H34O16/c28-7-17-19(33)21(35)23(37)26(42-17)40-15-5-10(30)4-14-11(15)6-13(32)25(39-14)9-1-2-12(31)16(3-9)41-27-24(38)22(36)20(34)18(8-29)43-27/h1-5,13,17-38H,6-8H2/t13-,17-,18-,19-,20-,21-,22-,23-,24-,25-,26-,27-/m0/s1. The summed E-state index contributed by atoms with van der Waals surface area (Å²) in [6.07, 6.45) is -18.2. The molecule has 0 aromatic heterocycles. The molecule has 0 saturated carbocycles. The zero-order chi connectivity index (χ0) is 31.2. The summed E-state index contributed by atoms with van der Waals surface area (Å²) in [5.41, 5.74) is 0.533. The van der Waals surface area contributed by atoms with Crippen LogP contribution in [0.1, 0.15) is 17.2 Å². The van der Waals surface area contributed by atoms with Crippen molar-refractivity contribution in [2.45, 2.75) is 80.0 Å². The van der Waals surface area contributed by atoms with Gasteiger partial charge in [-0.2, -0.15) is 0 Å². The minimum Gasteiger partial charge on any atom is -0.508 e. The summed E-state index contributed by atoms with van der Waals surface area (Å²) >= 11 is 0. The van der Waals surface area contributed by atoms with Gasteiger partial charge in [0, 0.05) is 24.1 Å². The van der Waals surface area contributed by atoms with E-state index in [2.05, 4.69) is 0 Å². The minimum absolute atomic E-state index is 0.0689. The highest BCUT2D eigenvalue weighted by Gasteiger charge is 2.46. The molecular formula is C27H34O16. The molecule has 238 valence electrons. The normalized spacial score (nSPS) is 37.7. The second kappa shape index (κ2) is 12.5. The van der Waals surface area contributed by atoms with Gasteiger partial charge in [0.15, 0.2) is 11.5 Å². The van der Waals surface area contributed by atoms with Crippen molar-refractivity contribution in [1.82, 2.24) is 0 Å². The average Bonchev–Trinajstić information content (AvgIpc) is 2.98. The molecule has 5 rings (SSSR count). The number of phenols is 2. The van der Waals surface area contributed by atoms with Gasteiger partial charge in [-0.15, -0.1) is 0 Å². The monoisotopic (exact) mass is 614 g/mol. The smallest absolute Gasteiger partial charge is 0.229 e. The molecule has 0 bridgehead atoms. The predicted octanol–water partition coefficient (Wildman–Crippen LogP) is -3.51. The molecule has 0 amide bonds. The number of benzene rings is 2. The summed E-state index contributed by atoms with van der Waals surface area (Å²) in [7, 11) is 0. The summed E-state index contributed by atoms with van der Waals surface area (Å²) in [5.74, 6) is -0.982. The Morgan fingerprint density at radius 3 is 1.79 bits per heavy atom. The molecular weight excluding hydrogens is 580 g/mol. The van der Waals surface area contributed by atoms with Gasteiger partial charge < -0.3 is 79.9 Å². The third-order valence-electron chi connectivity index (χ3n) is 7.67. The third-order valence-corrected chi connectivity index (χ3v) is 7.67.